The molecule has 0 radical (unpaired) electrons. The van der Waals surface area contributed by atoms with Crippen molar-refractivity contribution in [2.45, 2.75) is 18.4 Å². The average molecular weight is 306 g/mol. The van der Waals surface area contributed by atoms with E-state index in [0.717, 1.165) is 32.5 Å². The summed E-state index contributed by atoms with van der Waals surface area (Å²) < 4.78 is 10.9. The van der Waals surface area contributed by atoms with Gasteiger partial charge in [0.15, 0.2) is 0 Å². The van der Waals surface area contributed by atoms with E-state index in [1.54, 1.807) is 0 Å². The molecule has 0 unspecified atom stereocenters. The maximum atomic E-state index is 12.5. The molecule has 2 fully saturated rings. The van der Waals surface area contributed by atoms with Crippen LogP contribution in [-0.4, -0.2) is 78.2 Å². The van der Waals surface area contributed by atoms with Crippen molar-refractivity contribution in [3.8, 4) is 6.01 Å². The van der Waals surface area contributed by atoms with Crippen molar-refractivity contribution in [2.24, 2.45) is 0 Å². The third kappa shape index (κ3) is 3.05. The van der Waals surface area contributed by atoms with Crippen LogP contribution >= 0.6 is 0 Å². The van der Waals surface area contributed by atoms with E-state index in [-0.39, 0.29) is 17.5 Å². The second-order valence-electron chi connectivity index (χ2n) is 6.02. The average Bonchev–Trinajstić information content (AvgIpc) is 2.55. The molecule has 1 amide bonds. The number of ether oxygens (including phenoxy) is 2. The number of nitrogens with zero attached hydrogens (tertiary/aromatic N) is 4. The molecule has 120 valence electrons. The molecule has 7 nitrogen and oxygen atoms in total. The molecule has 0 N–H and O–H groups in total. The quantitative estimate of drug-likeness (QED) is 0.789. The Hall–Kier alpha value is -1.73. The smallest absolute Gasteiger partial charge is 0.316 e. The fourth-order valence-electron chi connectivity index (χ4n) is 3.17. The summed E-state index contributed by atoms with van der Waals surface area (Å²) in [5.74, 6) is -0.0262. The van der Waals surface area contributed by atoms with Crippen molar-refractivity contribution in [3.63, 3.8) is 0 Å². The minimum Gasteiger partial charge on any atom is -0.467 e. The Morgan fingerprint density at radius 2 is 1.95 bits per heavy atom. The summed E-state index contributed by atoms with van der Waals surface area (Å²) in [4.78, 5) is 24.6. The van der Waals surface area contributed by atoms with Crippen LogP contribution in [0.3, 0.4) is 0 Å². The van der Waals surface area contributed by atoms with Crippen molar-refractivity contribution in [2.75, 3.05) is 46.9 Å². The number of rotatable bonds is 2. The van der Waals surface area contributed by atoms with E-state index in [2.05, 4.69) is 21.9 Å². The summed E-state index contributed by atoms with van der Waals surface area (Å²) in [7, 11) is 3.62. The van der Waals surface area contributed by atoms with Gasteiger partial charge in [-0.1, -0.05) is 0 Å². The fraction of sp³-hybridized carbons (Fsp3) is 0.667. The van der Waals surface area contributed by atoms with Crippen molar-refractivity contribution >= 4 is 5.91 Å². The van der Waals surface area contributed by atoms with Gasteiger partial charge in [0.25, 0.3) is 5.91 Å². The molecule has 0 atom stereocenters. The molecule has 1 aromatic rings. The van der Waals surface area contributed by atoms with Gasteiger partial charge in [0.05, 0.1) is 24.9 Å². The highest BCUT2D eigenvalue weighted by atomic mass is 16.5. The van der Waals surface area contributed by atoms with E-state index in [1.165, 1.54) is 19.5 Å². The Morgan fingerprint density at radius 1 is 1.27 bits per heavy atom. The summed E-state index contributed by atoms with van der Waals surface area (Å²) in [5, 5.41) is 0. The second kappa shape index (κ2) is 6.18. The van der Waals surface area contributed by atoms with Crippen LogP contribution in [0.1, 0.15) is 23.2 Å². The number of methoxy groups -OCH3 is 1. The number of amides is 1. The first-order valence-electron chi connectivity index (χ1n) is 7.60. The zero-order valence-electron chi connectivity index (χ0n) is 13.1. The lowest BCUT2D eigenvalue weighted by atomic mass is 9.89. The summed E-state index contributed by atoms with van der Waals surface area (Å²) >= 11 is 0. The van der Waals surface area contributed by atoms with Gasteiger partial charge in [-0.05, 0) is 19.9 Å². The number of hydrogen-bond donors (Lipinski definition) is 0. The third-order valence-corrected chi connectivity index (χ3v) is 4.46. The summed E-state index contributed by atoms with van der Waals surface area (Å²) in [5.41, 5.74) is 0.415. The minimum absolute atomic E-state index is 0.0262. The predicted molar refractivity (Wildman–Crippen MR) is 79.9 cm³/mol. The van der Waals surface area contributed by atoms with Gasteiger partial charge in [-0.3, -0.25) is 4.79 Å². The minimum atomic E-state index is -0.0831. The molecular weight excluding hydrogens is 284 g/mol. The summed E-state index contributed by atoms with van der Waals surface area (Å²) in [6.45, 7) is 4.11. The molecule has 2 aliphatic rings. The van der Waals surface area contributed by atoms with Crippen LogP contribution in [0.25, 0.3) is 0 Å². The van der Waals surface area contributed by atoms with Crippen LogP contribution in [0.2, 0.25) is 0 Å². The molecular formula is C15H22N4O3. The zero-order chi connectivity index (χ0) is 15.6. The molecule has 0 bridgehead atoms. The topological polar surface area (TPSA) is 67.8 Å². The molecule has 2 aliphatic heterocycles. The highest BCUT2D eigenvalue weighted by Crippen LogP contribution is 2.30. The van der Waals surface area contributed by atoms with Gasteiger partial charge in [-0.2, -0.15) is 0 Å². The predicted octanol–water partition coefficient (Wildman–Crippen LogP) is 0.422. The standard InChI is InChI=1S/C15H22N4O3/c1-18-7-8-22-15(11-18)3-5-19(6-4-15)13(20)12-9-16-14(21-2)17-10-12/h9-10H,3-8,11H2,1-2H3. The van der Waals surface area contributed by atoms with Crippen molar-refractivity contribution in [3.05, 3.63) is 18.0 Å². The zero-order valence-corrected chi connectivity index (χ0v) is 13.1. The van der Waals surface area contributed by atoms with Crippen LogP contribution in [0.5, 0.6) is 6.01 Å². The molecule has 3 heterocycles. The number of carbonyl (C=O) groups is 1. The SMILES string of the molecule is COc1ncc(C(=O)N2CCC3(CC2)CN(C)CCO3)cn1. The summed E-state index contributed by atoms with van der Waals surface area (Å²) in [6, 6.07) is 0.271. The molecule has 0 aromatic carbocycles. The van der Waals surface area contributed by atoms with Crippen molar-refractivity contribution < 1.29 is 14.3 Å². The first kappa shape index (κ1) is 15.2. The van der Waals surface area contributed by atoms with E-state index in [1.807, 2.05) is 4.90 Å². The van der Waals surface area contributed by atoms with E-state index in [4.69, 9.17) is 9.47 Å². The number of likely N-dealkylation sites (N-methyl/N-ethyl adjacent to an activating group) is 1. The Bertz CT molecular complexity index is 526. The van der Waals surface area contributed by atoms with Gasteiger partial charge in [-0.15, -0.1) is 0 Å². The maximum Gasteiger partial charge on any atom is 0.316 e. The number of piperidine rings is 1. The Labute approximate surface area is 130 Å². The number of hydrogen-bond acceptors (Lipinski definition) is 6. The van der Waals surface area contributed by atoms with Gasteiger partial charge in [-0.25, -0.2) is 9.97 Å². The lowest BCUT2D eigenvalue weighted by molar-refractivity contribution is -0.127. The normalized spacial score (nSPS) is 21.8. The van der Waals surface area contributed by atoms with Crippen LogP contribution in [0.4, 0.5) is 0 Å². The molecule has 3 rings (SSSR count). The second-order valence-corrected chi connectivity index (χ2v) is 6.02. The molecule has 1 aromatic heterocycles. The lowest BCUT2D eigenvalue weighted by Gasteiger charge is -2.46. The molecule has 0 saturated carbocycles. The van der Waals surface area contributed by atoms with E-state index in [0.29, 0.717) is 18.7 Å². The van der Waals surface area contributed by atoms with Crippen LogP contribution < -0.4 is 4.74 Å². The molecule has 0 aliphatic carbocycles. The van der Waals surface area contributed by atoms with Gasteiger partial charge >= 0.3 is 6.01 Å². The van der Waals surface area contributed by atoms with Gasteiger partial charge in [0.1, 0.15) is 0 Å². The van der Waals surface area contributed by atoms with E-state index in [9.17, 15) is 4.79 Å². The first-order valence-corrected chi connectivity index (χ1v) is 7.60. The highest BCUT2D eigenvalue weighted by molar-refractivity contribution is 5.93. The first-order chi connectivity index (χ1) is 10.6. The van der Waals surface area contributed by atoms with E-state index < -0.39 is 0 Å². The number of likely N-dealkylation sites (tertiary alicyclic amines) is 1. The van der Waals surface area contributed by atoms with Gasteiger partial charge in [0, 0.05) is 38.6 Å². The molecule has 7 heteroatoms. The Kier molecular flexibility index (Phi) is 4.26. The Morgan fingerprint density at radius 3 is 2.55 bits per heavy atom. The monoisotopic (exact) mass is 306 g/mol. The van der Waals surface area contributed by atoms with Crippen molar-refractivity contribution in [1.29, 1.82) is 0 Å². The highest BCUT2D eigenvalue weighted by Gasteiger charge is 2.39. The molecule has 2 saturated heterocycles. The lowest BCUT2D eigenvalue weighted by Crippen LogP contribution is -2.56. The van der Waals surface area contributed by atoms with Crippen LogP contribution in [0, 0.1) is 0 Å². The number of morpholine rings is 1. The largest absolute Gasteiger partial charge is 0.467 e. The van der Waals surface area contributed by atoms with Crippen LogP contribution in [-0.2, 0) is 4.74 Å². The molecule has 22 heavy (non-hydrogen) atoms. The van der Waals surface area contributed by atoms with E-state index >= 15 is 0 Å². The number of carbonyl (C=O) groups excluding carboxylic acids is 1. The number of aromatic nitrogens is 2. The third-order valence-electron chi connectivity index (χ3n) is 4.46. The van der Waals surface area contributed by atoms with Gasteiger partial charge in [0.2, 0.25) is 0 Å². The molecule has 1 spiro atoms. The summed E-state index contributed by atoms with van der Waals surface area (Å²) in [6.07, 6.45) is 4.78. The fourth-order valence-corrected chi connectivity index (χ4v) is 3.17. The van der Waals surface area contributed by atoms with Crippen LogP contribution in [0.15, 0.2) is 12.4 Å². The van der Waals surface area contributed by atoms with Crippen molar-refractivity contribution in [1.82, 2.24) is 19.8 Å². The Balaban J connectivity index is 1.61. The maximum absolute atomic E-state index is 12.5. The van der Waals surface area contributed by atoms with Gasteiger partial charge < -0.3 is 19.3 Å².